The molecule has 0 saturated heterocycles. The maximum Gasteiger partial charge on any atom is 0.314 e. The maximum absolute atomic E-state index is 13.8. The van der Waals surface area contributed by atoms with E-state index in [-0.39, 0.29) is 5.56 Å². The van der Waals surface area contributed by atoms with Gasteiger partial charge in [0, 0.05) is 11.6 Å². The van der Waals surface area contributed by atoms with Crippen molar-refractivity contribution in [2.24, 2.45) is 0 Å². The van der Waals surface area contributed by atoms with Crippen LogP contribution in [0, 0.1) is 21.7 Å². The van der Waals surface area contributed by atoms with Crippen LogP contribution in [0.3, 0.4) is 0 Å². The number of hydrogen-bond acceptors (Lipinski definition) is 4. The van der Waals surface area contributed by atoms with Gasteiger partial charge in [-0.2, -0.15) is 0 Å². The average molecular weight is 295 g/mol. The Labute approximate surface area is 118 Å². The number of halogens is 2. The molecular weight excluding hydrogens is 284 g/mol. The molecule has 1 N–H and O–H groups in total. The van der Waals surface area contributed by atoms with E-state index in [1.807, 2.05) is 0 Å². The quantitative estimate of drug-likeness (QED) is 0.689. The molecule has 0 aromatic heterocycles. The summed E-state index contributed by atoms with van der Waals surface area (Å²) in [6, 6.07) is 6.94. The third kappa shape index (κ3) is 2.97. The lowest BCUT2D eigenvalue weighted by atomic mass is 10.1. The fraction of sp³-hybridized carbons (Fsp3) is 0.143. The zero-order chi connectivity index (χ0) is 15.6. The van der Waals surface area contributed by atoms with E-state index in [9.17, 15) is 24.0 Å². The Morgan fingerprint density at radius 1 is 1.14 bits per heavy atom. The van der Waals surface area contributed by atoms with Crippen LogP contribution in [0.1, 0.15) is 18.6 Å². The first kappa shape index (κ1) is 14.9. The van der Waals surface area contributed by atoms with Gasteiger partial charge in [-0.25, -0.2) is 8.78 Å². The number of para-hydroxylation sites is 2. The maximum atomic E-state index is 13.8. The van der Waals surface area contributed by atoms with Crippen LogP contribution in [-0.4, -0.2) is 10.0 Å². The first-order valence-corrected chi connectivity index (χ1v) is 5.99. The van der Waals surface area contributed by atoms with Crippen molar-refractivity contribution in [3.05, 3.63) is 63.7 Å². The van der Waals surface area contributed by atoms with Gasteiger partial charge in [0.25, 0.3) is 0 Å². The van der Waals surface area contributed by atoms with Gasteiger partial charge in [-0.3, -0.25) is 10.1 Å². The molecule has 0 saturated carbocycles. The van der Waals surface area contributed by atoms with Crippen molar-refractivity contribution in [2.75, 3.05) is 0 Å². The molecule has 2 aromatic rings. The highest BCUT2D eigenvalue weighted by Crippen LogP contribution is 2.38. The third-order valence-corrected chi connectivity index (χ3v) is 2.79. The van der Waals surface area contributed by atoms with E-state index in [4.69, 9.17) is 4.74 Å². The largest absolute Gasteiger partial charge is 0.444 e. The lowest BCUT2D eigenvalue weighted by Crippen LogP contribution is -2.02. The molecular formula is C14H11F2NO4. The second-order valence-corrected chi connectivity index (χ2v) is 4.28. The second kappa shape index (κ2) is 5.84. The Morgan fingerprint density at radius 2 is 1.71 bits per heavy atom. The minimum atomic E-state index is -1.08. The smallest absolute Gasteiger partial charge is 0.314 e. The fourth-order valence-corrected chi connectivity index (χ4v) is 1.81. The van der Waals surface area contributed by atoms with E-state index in [0.717, 1.165) is 24.3 Å². The van der Waals surface area contributed by atoms with Crippen LogP contribution in [0.2, 0.25) is 0 Å². The summed E-state index contributed by atoms with van der Waals surface area (Å²) >= 11 is 0. The molecule has 21 heavy (non-hydrogen) atoms. The average Bonchev–Trinajstić information content (AvgIpc) is 2.42. The fourth-order valence-electron chi connectivity index (χ4n) is 1.81. The van der Waals surface area contributed by atoms with Crippen molar-refractivity contribution in [2.45, 2.75) is 13.0 Å². The lowest BCUT2D eigenvalue weighted by Gasteiger charge is -2.14. The summed E-state index contributed by atoms with van der Waals surface area (Å²) in [5.74, 6) is -3.00. The first-order chi connectivity index (χ1) is 9.91. The summed E-state index contributed by atoms with van der Waals surface area (Å²) in [6.45, 7) is 1.37. The van der Waals surface area contributed by atoms with Crippen molar-refractivity contribution in [1.29, 1.82) is 0 Å². The van der Waals surface area contributed by atoms with E-state index in [1.54, 1.807) is 0 Å². The molecule has 7 heteroatoms. The Balaban J connectivity index is 2.56. The Hall–Kier alpha value is -2.54. The van der Waals surface area contributed by atoms with Crippen molar-refractivity contribution < 1.29 is 23.5 Å². The molecule has 0 radical (unpaired) electrons. The molecule has 0 bridgehead atoms. The SMILES string of the molecule is C[C@H](O)c1cccc(F)c1Oc1c(F)cccc1[N+](=O)[O-]. The van der Waals surface area contributed by atoms with Gasteiger partial charge in [-0.15, -0.1) is 0 Å². The van der Waals surface area contributed by atoms with Gasteiger partial charge in [-0.1, -0.05) is 18.2 Å². The lowest BCUT2D eigenvalue weighted by molar-refractivity contribution is -0.385. The van der Waals surface area contributed by atoms with E-state index >= 15 is 0 Å². The van der Waals surface area contributed by atoms with E-state index in [1.165, 1.54) is 19.1 Å². The second-order valence-electron chi connectivity index (χ2n) is 4.28. The first-order valence-electron chi connectivity index (χ1n) is 5.99. The topological polar surface area (TPSA) is 72.6 Å². The summed E-state index contributed by atoms with van der Waals surface area (Å²) in [6.07, 6.45) is -1.08. The van der Waals surface area contributed by atoms with Crippen LogP contribution in [0.5, 0.6) is 11.5 Å². The number of aliphatic hydroxyl groups excluding tert-OH is 1. The summed E-state index contributed by atoms with van der Waals surface area (Å²) in [7, 11) is 0. The molecule has 0 heterocycles. The molecule has 5 nitrogen and oxygen atoms in total. The number of nitro benzene ring substituents is 1. The third-order valence-electron chi connectivity index (χ3n) is 2.79. The minimum Gasteiger partial charge on any atom is -0.444 e. The van der Waals surface area contributed by atoms with E-state index in [2.05, 4.69) is 0 Å². The summed E-state index contributed by atoms with van der Waals surface area (Å²) in [5.41, 5.74) is -0.567. The number of benzene rings is 2. The summed E-state index contributed by atoms with van der Waals surface area (Å²) in [5, 5.41) is 20.5. The van der Waals surface area contributed by atoms with Gasteiger partial charge in [0.2, 0.25) is 5.75 Å². The van der Waals surface area contributed by atoms with Crippen molar-refractivity contribution >= 4 is 5.69 Å². The Bertz CT molecular complexity index is 689. The highest BCUT2D eigenvalue weighted by atomic mass is 19.1. The molecule has 0 unspecified atom stereocenters. The molecule has 0 aliphatic carbocycles. The molecule has 2 rings (SSSR count). The number of rotatable bonds is 4. The highest BCUT2D eigenvalue weighted by Gasteiger charge is 2.23. The Kier molecular flexibility index (Phi) is 4.13. The molecule has 0 spiro atoms. The number of ether oxygens (including phenoxy) is 1. The Morgan fingerprint density at radius 3 is 2.29 bits per heavy atom. The molecule has 0 amide bonds. The molecule has 0 aliphatic heterocycles. The number of nitro groups is 1. The molecule has 0 fully saturated rings. The highest BCUT2D eigenvalue weighted by molar-refractivity contribution is 5.50. The monoisotopic (exact) mass is 295 g/mol. The zero-order valence-corrected chi connectivity index (χ0v) is 10.9. The van der Waals surface area contributed by atoms with Crippen LogP contribution in [0.15, 0.2) is 36.4 Å². The predicted octanol–water partition coefficient (Wildman–Crippen LogP) is 3.72. The van der Waals surface area contributed by atoms with Gasteiger partial charge in [0.1, 0.15) is 0 Å². The van der Waals surface area contributed by atoms with Crippen LogP contribution in [0.25, 0.3) is 0 Å². The van der Waals surface area contributed by atoms with Gasteiger partial charge in [-0.05, 0) is 19.1 Å². The van der Waals surface area contributed by atoms with E-state index < -0.39 is 39.8 Å². The number of nitrogens with zero attached hydrogens (tertiary/aromatic N) is 1. The molecule has 110 valence electrons. The van der Waals surface area contributed by atoms with Crippen molar-refractivity contribution in [1.82, 2.24) is 0 Å². The van der Waals surface area contributed by atoms with Gasteiger partial charge in [0.15, 0.2) is 17.4 Å². The van der Waals surface area contributed by atoms with Crippen molar-refractivity contribution in [3.8, 4) is 11.5 Å². The van der Waals surface area contributed by atoms with Crippen LogP contribution in [-0.2, 0) is 0 Å². The van der Waals surface area contributed by atoms with Gasteiger partial charge >= 0.3 is 5.69 Å². The van der Waals surface area contributed by atoms with Crippen LogP contribution >= 0.6 is 0 Å². The summed E-state index contributed by atoms with van der Waals surface area (Å²) < 4.78 is 32.7. The zero-order valence-electron chi connectivity index (χ0n) is 10.9. The number of aliphatic hydroxyl groups is 1. The van der Waals surface area contributed by atoms with Crippen molar-refractivity contribution in [3.63, 3.8) is 0 Å². The standard InChI is InChI=1S/C14H11F2NO4/c1-8(18)9-4-2-5-10(15)13(9)21-14-11(16)6-3-7-12(14)17(19)20/h2-8,18H,1H3/t8-/m0/s1. The summed E-state index contributed by atoms with van der Waals surface area (Å²) in [4.78, 5) is 10.1. The molecule has 1 atom stereocenters. The van der Waals surface area contributed by atoms with Gasteiger partial charge < -0.3 is 9.84 Å². The molecule has 2 aromatic carbocycles. The minimum absolute atomic E-state index is 0.0625. The van der Waals surface area contributed by atoms with Gasteiger partial charge in [0.05, 0.1) is 11.0 Å². The molecule has 0 aliphatic rings. The van der Waals surface area contributed by atoms with E-state index in [0.29, 0.717) is 0 Å². The van der Waals surface area contributed by atoms with Crippen LogP contribution in [0.4, 0.5) is 14.5 Å². The normalized spacial score (nSPS) is 12.0. The number of hydrogen-bond donors (Lipinski definition) is 1. The van der Waals surface area contributed by atoms with Crippen LogP contribution < -0.4 is 4.74 Å². The predicted molar refractivity (Wildman–Crippen MR) is 70.2 cm³/mol.